The van der Waals surface area contributed by atoms with Crippen molar-refractivity contribution in [2.24, 2.45) is 0 Å². The number of hydrogen-bond donors (Lipinski definition) is 1. The van der Waals surface area contributed by atoms with Crippen LogP contribution in [-0.4, -0.2) is 27.5 Å². The predicted molar refractivity (Wildman–Crippen MR) is 73.8 cm³/mol. The van der Waals surface area contributed by atoms with Crippen molar-refractivity contribution in [1.29, 1.82) is 0 Å². The monoisotopic (exact) mass is 287 g/mol. The minimum Gasteiger partial charge on any atom is -0.450 e. The van der Waals surface area contributed by atoms with Crippen LogP contribution < -0.4 is 0 Å². The van der Waals surface area contributed by atoms with Crippen LogP contribution in [0.5, 0.6) is 0 Å². The minimum absolute atomic E-state index is 0.0405. The Morgan fingerprint density at radius 2 is 2.10 bits per heavy atom. The molecule has 1 aromatic heterocycles. The van der Waals surface area contributed by atoms with Gasteiger partial charge in [-0.3, -0.25) is 14.2 Å². The SMILES string of the molecule is CC(=O)n1c(C)c2c3c(cccc31)C(=O)CC2OC(=O)O. The normalized spacial score (nSPS) is 17.0. The molecule has 0 fully saturated rings. The lowest BCUT2D eigenvalue weighted by Crippen LogP contribution is -2.19. The fraction of sp³-hybridized carbons (Fsp3) is 0.267. The average molecular weight is 287 g/mol. The second-order valence-corrected chi connectivity index (χ2v) is 5.05. The molecule has 0 saturated heterocycles. The van der Waals surface area contributed by atoms with Gasteiger partial charge in [0.05, 0.1) is 11.9 Å². The maximum absolute atomic E-state index is 12.2. The first kappa shape index (κ1) is 13.4. The molecule has 1 aromatic carbocycles. The number of carbonyl (C=O) groups is 3. The molecule has 0 saturated carbocycles. The fourth-order valence-corrected chi connectivity index (χ4v) is 3.13. The van der Waals surface area contributed by atoms with E-state index in [0.29, 0.717) is 27.7 Å². The van der Waals surface area contributed by atoms with Crippen molar-refractivity contribution in [3.63, 3.8) is 0 Å². The first-order valence-corrected chi connectivity index (χ1v) is 6.49. The highest BCUT2D eigenvalue weighted by Crippen LogP contribution is 2.41. The van der Waals surface area contributed by atoms with E-state index >= 15 is 0 Å². The van der Waals surface area contributed by atoms with E-state index in [4.69, 9.17) is 9.84 Å². The van der Waals surface area contributed by atoms with Gasteiger partial charge in [0.25, 0.3) is 0 Å². The van der Waals surface area contributed by atoms with Gasteiger partial charge in [0.15, 0.2) is 5.78 Å². The largest absolute Gasteiger partial charge is 0.506 e. The number of benzene rings is 1. The Kier molecular flexibility index (Phi) is 2.83. The van der Waals surface area contributed by atoms with Crippen molar-refractivity contribution in [2.45, 2.75) is 26.4 Å². The molecule has 1 N–H and O–H groups in total. The molecule has 0 radical (unpaired) electrons. The molecule has 2 aromatic rings. The third-order valence-corrected chi connectivity index (χ3v) is 3.83. The van der Waals surface area contributed by atoms with Crippen LogP contribution >= 0.6 is 0 Å². The van der Waals surface area contributed by atoms with E-state index in [-0.39, 0.29) is 18.1 Å². The summed E-state index contributed by atoms with van der Waals surface area (Å²) < 4.78 is 6.34. The molecule has 0 amide bonds. The van der Waals surface area contributed by atoms with Crippen LogP contribution in [0.25, 0.3) is 10.9 Å². The van der Waals surface area contributed by atoms with Crippen molar-refractivity contribution in [3.8, 4) is 0 Å². The number of hydrogen-bond acceptors (Lipinski definition) is 4. The summed E-state index contributed by atoms with van der Waals surface area (Å²) in [5.41, 5.74) is 2.34. The fourth-order valence-electron chi connectivity index (χ4n) is 3.13. The van der Waals surface area contributed by atoms with Crippen LogP contribution in [0, 0.1) is 6.92 Å². The molecule has 1 atom stereocenters. The Morgan fingerprint density at radius 1 is 1.38 bits per heavy atom. The maximum atomic E-state index is 12.2. The van der Waals surface area contributed by atoms with Gasteiger partial charge in [-0.15, -0.1) is 0 Å². The minimum atomic E-state index is -1.43. The molecule has 0 spiro atoms. The van der Waals surface area contributed by atoms with E-state index < -0.39 is 12.3 Å². The molecule has 1 aliphatic carbocycles. The standard InChI is InChI=1S/C15H13NO5/c1-7-13-12(21-15(19)20)6-11(18)9-4-3-5-10(14(9)13)16(7)8(2)17/h3-5,12H,6H2,1-2H3,(H,19,20). The summed E-state index contributed by atoms with van der Waals surface area (Å²) in [6, 6.07) is 5.15. The van der Waals surface area contributed by atoms with Crippen LogP contribution in [0.15, 0.2) is 18.2 Å². The van der Waals surface area contributed by atoms with E-state index in [1.165, 1.54) is 11.5 Å². The zero-order valence-electron chi connectivity index (χ0n) is 11.5. The molecule has 3 rings (SSSR count). The Hall–Kier alpha value is -2.63. The Labute approximate surface area is 119 Å². The number of nitrogens with zero attached hydrogens (tertiary/aromatic N) is 1. The second-order valence-electron chi connectivity index (χ2n) is 5.05. The zero-order chi connectivity index (χ0) is 15.3. The molecule has 1 heterocycles. The number of carboxylic acid groups (broad SMARTS) is 1. The number of rotatable bonds is 1. The van der Waals surface area contributed by atoms with E-state index in [9.17, 15) is 14.4 Å². The van der Waals surface area contributed by atoms with Crippen molar-refractivity contribution in [3.05, 3.63) is 35.0 Å². The highest BCUT2D eigenvalue weighted by Gasteiger charge is 2.34. The van der Waals surface area contributed by atoms with E-state index in [0.717, 1.165) is 0 Å². The molecule has 6 heteroatoms. The Bertz CT molecular complexity index is 802. The zero-order valence-corrected chi connectivity index (χ0v) is 11.5. The lowest BCUT2D eigenvalue weighted by atomic mass is 9.88. The molecular weight excluding hydrogens is 274 g/mol. The van der Waals surface area contributed by atoms with E-state index in [1.54, 1.807) is 25.1 Å². The van der Waals surface area contributed by atoms with Gasteiger partial charge in [0, 0.05) is 29.1 Å². The highest BCUT2D eigenvalue weighted by atomic mass is 16.7. The van der Waals surface area contributed by atoms with Crippen LogP contribution in [0.3, 0.4) is 0 Å². The van der Waals surface area contributed by atoms with Crippen LogP contribution in [0.2, 0.25) is 0 Å². The molecule has 1 aliphatic rings. The van der Waals surface area contributed by atoms with Crippen molar-refractivity contribution < 1.29 is 24.2 Å². The van der Waals surface area contributed by atoms with Gasteiger partial charge in [-0.25, -0.2) is 4.79 Å². The Morgan fingerprint density at radius 3 is 2.71 bits per heavy atom. The van der Waals surface area contributed by atoms with Gasteiger partial charge in [-0.05, 0) is 13.0 Å². The molecule has 108 valence electrons. The molecule has 21 heavy (non-hydrogen) atoms. The third kappa shape index (κ3) is 1.83. The third-order valence-electron chi connectivity index (χ3n) is 3.83. The molecule has 0 aliphatic heterocycles. The summed E-state index contributed by atoms with van der Waals surface area (Å²) in [6.45, 7) is 3.16. The quantitative estimate of drug-likeness (QED) is 0.815. The van der Waals surface area contributed by atoms with Crippen molar-refractivity contribution in [2.75, 3.05) is 0 Å². The van der Waals surface area contributed by atoms with Crippen molar-refractivity contribution in [1.82, 2.24) is 4.57 Å². The van der Waals surface area contributed by atoms with Gasteiger partial charge in [-0.2, -0.15) is 0 Å². The molecule has 1 unspecified atom stereocenters. The first-order valence-electron chi connectivity index (χ1n) is 6.49. The summed E-state index contributed by atoms with van der Waals surface area (Å²) in [5, 5.41) is 9.47. The Balaban J connectivity index is 2.39. The predicted octanol–water partition coefficient (Wildman–Crippen LogP) is 2.93. The van der Waals surface area contributed by atoms with Crippen LogP contribution in [-0.2, 0) is 4.74 Å². The summed E-state index contributed by atoms with van der Waals surface area (Å²) in [7, 11) is 0. The topological polar surface area (TPSA) is 85.6 Å². The van der Waals surface area contributed by atoms with Gasteiger partial charge in [0.2, 0.25) is 5.91 Å². The molecule has 6 nitrogen and oxygen atoms in total. The number of ether oxygens (including phenoxy) is 1. The number of aromatic nitrogens is 1. The summed E-state index contributed by atoms with van der Waals surface area (Å²) >= 11 is 0. The number of ketones is 1. The molecular formula is C15H13NO5. The molecule has 0 bridgehead atoms. The first-order chi connectivity index (χ1) is 9.91. The highest BCUT2D eigenvalue weighted by molar-refractivity contribution is 6.13. The number of Topliss-reactive ketones (excluding diaryl/α,β-unsaturated/α-hetero) is 1. The van der Waals surface area contributed by atoms with E-state index in [1.807, 2.05) is 0 Å². The van der Waals surface area contributed by atoms with Crippen molar-refractivity contribution >= 4 is 28.7 Å². The smallest absolute Gasteiger partial charge is 0.450 e. The summed E-state index contributed by atoms with van der Waals surface area (Å²) in [5.74, 6) is -0.371. The number of carbonyl (C=O) groups excluding carboxylic acids is 2. The second kappa shape index (κ2) is 4.44. The van der Waals surface area contributed by atoms with Crippen LogP contribution in [0.1, 0.15) is 45.9 Å². The van der Waals surface area contributed by atoms with Gasteiger partial charge in [0.1, 0.15) is 6.10 Å². The van der Waals surface area contributed by atoms with Gasteiger partial charge in [-0.1, -0.05) is 12.1 Å². The van der Waals surface area contributed by atoms with Gasteiger partial charge >= 0.3 is 6.16 Å². The van der Waals surface area contributed by atoms with Gasteiger partial charge < -0.3 is 9.84 Å². The van der Waals surface area contributed by atoms with Crippen LogP contribution in [0.4, 0.5) is 4.79 Å². The lowest BCUT2D eigenvalue weighted by molar-refractivity contribution is 0.0451. The maximum Gasteiger partial charge on any atom is 0.506 e. The van der Waals surface area contributed by atoms with E-state index in [2.05, 4.69) is 0 Å². The summed E-state index contributed by atoms with van der Waals surface area (Å²) in [4.78, 5) is 34.9. The summed E-state index contributed by atoms with van der Waals surface area (Å²) in [6.07, 6.45) is -2.34. The average Bonchev–Trinajstić information content (AvgIpc) is 2.68. The lowest BCUT2D eigenvalue weighted by Gasteiger charge is -2.21.